The van der Waals surface area contributed by atoms with Gasteiger partial charge in [0.15, 0.2) is 5.82 Å². The smallest absolute Gasteiger partial charge is 0.257 e. The third-order valence-electron chi connectivity index (χ3n) is 4.75. The number of carbonyl (C=O) groups excluding carboxylic acids is 1. The molecule has 0 unspecified atom stereocenters. The molecule has 0 bridgehead atoms. The summed E-state index contributed by atoms with van der Waals surface area (Å²) in [6, 6.07) is 13.4. The molecule has 0 atom stereocenters. The van der Waals surface area contributed by atoms with E-state index >= 15 is 0 Å². The van der Waals surface area contributed by atoms with Gasteiger partial charge in [0.2, 0.25) is 0 Å². The molecule has 1 aliphatic heterocycles. The van der Waals surface area contributed by atoms with Gasteiger partial charge in [-0.1, -0.05) is 5.16 Å². The van der Waals surface area contributed by atoms with Gasteiger partial charge in [0, 0.05) is 42.3 Å². The lowest BCUT2D eigenvalue weighted by Crippen LogP contribution is -2.29. The Bertz CT molecular complexity index is 945. The molecule has 7 heteroatoms. The van der Waals surface area contributed by atoms with Gasteiger partial charge >= 0.3 is 0 Å². The number of nitrogens with zero attached hydrogens (tertiary/aromatic N) is 3. The van der Waals surface area contributed by atoms with E-state index in [0.717, 1.165) is 18.8 Å². The van der Waals surface area contributed by atoms with E-state index in [1.165, 1.54) is 24.9 Å². The van der Waals surface area contributed by atoms with Crippen LogP contribution in [0, 0.1) is 6.92 Å². The molecular weight excluding hydrogens is 354 g/mol. The SMILES string of the molecule is Cc1cc(NC(=O)c2ccnc(Nc3ccc(N4CCCCC4)cc3)c2)no1. The number of pyridine rings is 1. The maximum absolute atomic E-state index is 12.4. The minimum atomic E-state index is -0.265. The normalized spacial score (nSPS) is 14.0. The van der Waals surface area contributed by atoms with Gasteiger partial charge in [-0.25, -0.2) is 4.98 Å². The summed E-state index contributed by atoms with van der Waals surface area (Å²) in [5, 5.41) is 9.74. The largest absolute Gasteiger partial charge is 0.372 e. The van der Waals surface area contributed by atoms with Gasteiger partial charge in [0.1, 0.15) is 11.6 Å². The molecule has 1 fully saturated rings. The Labute approximate surface area is 163 Å². The Morgan fingerprint density at radius 2 is 1.82 bits per heavy atom. The Morgan fingerprint density at radius 3 is 2.54 bits per heavy atom. The second kappa shape index (κ2) is 8.12. The number of aromatic nitrogens is 2. The van der Waals surface area contributed by atoms with E-state index in [9.17, 15) is 4.79 Å². The molecule has 0 radical (unpaired) electrons. The zero-order valence-corrected chi connectivity index (χ0v) is 15.8. The highest BCUT2D eigenvalue weighted by atomic mass is 16.5. The summed E-state index contributed by atoms with van der Waals surface area (Å²) < 4.78 is 4.96. The van der Waals surface area contributed by atoms with Crippen LogP contribution < -0.4 is 15.5 Å². The number of benzene rings is 1. The van der Waals surface area contributed by atoms with Crippen molar-refractivity contribution in [2.75, 3.05) is 28.6 Å². The average molecular weight is 377 g/mol. The third kappa shape index (κ3) is 4.31. The number of anilines is 4. The first-order chi connectivity index (χ1) is 13.7. The Kier molecular flexibility index (Phi) is 5.23. The lowest BCUT2D eigenvalue weighted by Gasteiger charge is -2.28. The summed E-state index contributed by atoms with van der Waals surface area (Å²) in [6.07, 6.45) is 5.44. The van der Waals surface area contributed by atoms with Crippen molar-refractivity contribution in [2.24, 2.45) is 0 Å². The molecule has 2 N–H and O–H groups in total. The summed E-state index contributed by atoms with van der Waals surface area (Å²) in [6.45, 7) is 4.01. The Morgan fingerprint density at radius 1 is 1.04 bits per heavy atom. The van der Waals surface area contributed by atoms with Crippen LogP contribution in [0.5, 0.6) is 0 Å². The fourth-order valence-electron chi connectivity index (χ4n) is 3.31. The van der Waals surface area contributed by atoms with Crippen LogP contribution >= 0.6 is 0 Å². The molecule has 2 aromatic heterocycles. The van der Waals surface area contributed by atoms with Crippen LogP contribution in [-0.4, -0.2) is 29.1 Å². The van der Waals surface area contributed by atoms with Gasteiger partial charge in [0.05, 0.1) is 0 Å². The van der Waals surface area contributed by atoms with Gasteiger partial charge in [-0.2, -0.15) is 0 Å². The third-order valence-corrected chi connectivity index (χ3v) is 4.75. The summed E-state index contributed by atoms with van der Waals surface area (Å²) in [4.78, 5) is 19.1. The van der Waals surface area contributed by atoms with Crippen LogP contribution in [0.15, 0.2) is 53.2 Å². The van der Waals surface area contributed by atoms with Crippen LogP contribution in [0.2, 0.25) is 0 Å². The predicted molar refractivity (Wildman–Crippen MR) is 109 cm³/mol. The van der Waals surface area contributed by atoms with Crippen molar-refractivity contribution >= 4 is 28.9 Å². The minimum Gasteiger partial charge on any atom is -0.372 e. The molecule has 1 saturated heterocycles. The van der Waals surface area contributed by atoms with Crippen LogP contribution in [0.25, 0.3) is 0 Å². The summed E-state index contributed by atoms with van der Waals surface area (Å²) in [5.74, 6) is 1.37. The number of piperidine rings is 1. The molecule has 3 heterocycles. The van der Waals surface area contributed by atoms with Gasteiger partial charge in [-0.15, -0.1) is 0 Å². The number of carbonyl (C=O) groups is 1. The van der Waals surface area contributed by atoms with Crippen molar-refractivity contribution in [3.8, 4) is 0 Å². The molecule has 144 valence electrons. The second-order valence-electron chi connectivity index (χ2n) is 6.93. The highest BCUT2D eigenvalue weighted by Crippen LogP contribution is 2.23. The van der Waals surface area contributed by atoms with Crippen molar-refractivity contribution in [1.82, 2.24) is 10.1 Å². The lowest BCUT2D eigenvalue weighted by molar-refractivity contribution is 0.102. The van der Waals surface area contributed by atoms with Crippen LogP contribution in [0.4, 0.5) is 23.0 Å². The zero-order chi connectivity index (χ0) is 19.3. The first-order valence-corrected chi connectivity index (χ1v) is 9.50. The van der Waals surface area contributed by atoms with Gasteiger partial charge in [0.25, 0.3) is 5.91 Å². The number of hydrogen-bond donors (Lipinski definition) is 2. The molecule has 3 aromatic rings. The molecule has 7 nitrogen and oxygen atoms in total. The monoisotopic (exact) mass is 377 g/mol. The second-order valence-corrected chi connectivity index (χ2v) is 6.93. The van der Waals surface area contributed by atoms with Gasteiger partial charge in [-0.05, 0) is 62.6 Å². The fourth-order valence-corrected chi connectivity index (χ4v) is 3.31. The quantitative estimate of drug-likeness (QED) is 0.687. The molecule has 0 saturated carbocycles. The Hall–Kier alpha value is -3.35. The van der Waals surface area contributed by atoms with Crippen LogP contribution in [0.1, 0.15) is 35.4 Å². The van der Waals surface area contributed by atoms with E-state index in [4.69, 9.17) is 4.52 Å². The molecule has 1 aliphatic rings. The minimum absolute atomic E-state index is 0.265. The maximum Gasteiger partial charge on any atom is 0.257 e. The van der Waals surface area contributed by atoms with E-state index in [-0.39, 0.29) is 5.91 Å². The highest BCUT2D eigenvalue weighted by molar-refractivity contribution is 6.04. The van der Waals surface area contributed by atoms with Crippen LogP contribution in [0.3, 0.4) is 0 Å². The van der Waals surface area contributed by atoms with Crippen LogP contribution in [-0.2, 0) is 0 Å². The number of rotatable bonds is 5. The van der Waals surface area contributed by atoms with E-state index in [2.05, 4.69) is 37.8 Å². The summed E-state index contributed by atoms with van der Waals surface area (Å²) in [5.41, 5.74) is 2.66. The first kappa shape index (κ1) is 18.0. The Balaban J connectivity index is 1.42. The van der Waals surface area contributed by atoms with Crippen molar-refractivity contribution in [3.05, 3.63) is 60.0 Å². The van der Waals surface area contributed by atoms with Gasteiger partial charge < -0.3 is 20.1 Å². The molecule has 1 aromatic carbocycles. The first-order valence-electron chi connectivity index (χ1n) is 9.50. The lowest BCUT2D eigenvalue weighted by atomic mass is 10.1. The van der Waals surface area contributed by atoms with Crippen molar-refractivity contribution in [3.63, 3.8) is 0 Å². The van der Waals surface area contributed by atoms with Crippen molar-refractivity contribution in [1.29, 1.82) is 0 Å². The summed E-state index contributed by atoms with van der Waals surface area (Å²) >= 11 is 0. The topological polar surface area (TPSA) is 83.3 Å². The number of hydrogen-bond acceptors (Lipinski definition) is 6. The van der Waals surface area contributed by atoms with E-state index in [1.807, 2.05) is 12.1 Å². The molecule has 4 rings (SSSR count). The zero-order valence-electron chi connectivity index (χ0n) is 15.8. The standard InChI is InChI=1S/C21H23N5O2/c1-15-13-20(25-28-15)24-21(27)16-9-10-22-19(14-16)23-17-5-7-18(8-6-17)26-11-3-2-4-12-26/h5-10,13-14H,2-4,11-12H2,1H3,(H,22,23)(H,24,25,27). The number of aryl methyl sites for hydroxylation is 1. The number of amides is 1. The molecule has 1 amide bonds. The summed E-state index contributed by atoms with van der Waals surface area (Å²) in [7, 11) is 0. The van der Waals surface area contributed by atoms with E-state index < -0.39 is 0 Å². The maximum atomic E-state index is 12.4. The van der Waals surface area contributed by atoms with Crippen molar-refractivity contribution in [2.45, 2.75) is 26.2 Å². The molecule has 0 aliphatic carbocycles. The average Bonchev–Trinajstić information content (AvgIpc) is 3.14. The van der Waals surface area contributed by atoms with Crippen molar-refractivity contribution < 1.29 is 9.32 Å². The molecule has 28 heavy (non-hydrogen) atoms. The highest BCUT2D eigenvalue weighted by Gasteiger charge is 2.12. The molecule has 0 spiro atoms. The van der Waals surface area contributed by atoms with E-state index in [0.29, 0.717) is 23.0 Å². The van der Waals surface area contributed by atoms with E-state index in [1.54, 1.807) is 31.3 Å². The van der Waals surface area contributed by atoms with Gasteiger partial charge in [-0.3, -0.25) is 4.79 Å². The fraction of sp³-hybridized carbons (Fsp3) is 0.286. The molecular formula is C21H23N5O2. The number of nitrogens with one attached hydrogen (secondary N) is 2. The predicted octanol–water partition coefficient (Wildman–Crippen LogP) is 4.36.